The molecular weight excluding hydrogens is 340 g/mol. The van der Waals surface area contributed by atoms with Gasteiger partial charge in [0.05, 0.1) is 17.9 Å². The molecule has 0 unspecified atom stereocenters. The Morgan fingerprint density at radius 1 is 1.07 bits per heavy atom. The van der Waals surface area contributed by atoms with Gasteiger partial charge in [-0.1, -0.05) is 24.3 Å². The molecule has 2 aromatic carbocycles. The number of rotatable bonds is 5. The maximum absolute atomic E-state index is 12.7. The number of nitrogens with zero attached hydrogens (tertiary/aromatic N) is 3. The average Bonchev–Trinajstić information content (AvgIpc) is 3.34. The van der Waals surface area contributed by atoms with Crippen molar-refractivity contribution in [3.8, 4) is 0 Å². The van der Waals surface area contributed by atoms with E-state index in [1.54, 1.807) is 23.2 Å². The Bertz CT molecular complexity index is 949. The van der Waals surface area contributed by atoms with E-state index in [1.165, 1.54) is 0 Å². The van der Waals surface area contributed by atoms with Crippen molar-refractivity contribution < 1.29 is 9.59 Å². The Labute approximate surface area is 157 Å². The summed E-state index contributed by atoms with van der Waals surface area (Å²) < 4.78 is 1.83. The van der Waals surface area contributed by atoms with E-state index < -0.39 is 0 Å². The Morgan fingerprint density at radius 3 is 2.59 bits per heavy atom. The van der Waals surface area contributed by atoms with Crippen molar-refractivity contribution in [1.29, 1.82) is 0 Å². The summed E-state index contributed by atoms with van der Waals surface area (Å²) in [7, 11) is 0. The molecule has 3 aromatic rings. The Hall–Kier alpha value is -3.41. The predicted octanol–water partition coefficient (Wildman–Crippen LogP) is 3.31. The van der Waals surface area contributed by atoms with Crippen LogP contribution in [0, 0.1) is 0 Å². The zero-order valence-corrected chi connectivity index (χ0v) is 14.8. The first kappa shape index (κ1) is 17.0. The van der Waals surface area contributed by atoms with Gasteiger partial charge in [-0.3, -0.25) is 14.3 Å². The van der Waals surface area contributed by atoms with Crippen LogP contribution in [0.3, 0.4) is 0 Å². The summed E-state index contributed by atoms with van der Waals surface area (Å²) in [5, 5.41) is 7.12. The second-order valence-corrected chi connectivity index (χ2v) is 6.52. The molecule has 4 rings (SSSR count). The van der Waals surface area contributed by atoms with Crippen LogP contribution in [0.2, 0.25) is 0 Å². The number of hydrogen-bond acceptors (Lipinski definition) is 3. The van der Waals surface area contributed by atoms with Gasteiger partial charge >= 0.3 is 0 Å². The van der Waals surface area contributed by atoms with Crippen molar-refractivity contribution in [3.05, 3.63) is 78.1 Å². The lowest BCUT2D eigenvalue weighted by Crippen LogP contribution is -2.25. The molecule has 1 aliphatic rings. The van der Waals surface area contributed by atoms with Crippen LogP contribution < -0.4 is 10.2 Å². The maximum atomic E-state index is 12.7. The van der Waals surface area contributed by atoms with Gasteiger partial charge in [0.25, 0.3) is 5.91 Å². The van der Waals surface area contributed by atoms with Crippen molar-refractivity contribution in [2.75, 3.05) is 16.8 Å². The van der Waals surface area contributed by atoms with Gasteiger partial charge in [0.15, 0.2) is 0 Å². The zero-order valence-electron chi connectivity index (χ0n) is 14.8. The standard InChI is InChI=1S/C21H20N4O2/c26-20-7-3-14-25(20)19-6-2-1-5-18(19)23-21(27)17-10-8-16(9-11-17)15-24-13-4-12-22-24/h1-2,4-6,8-13H,3,7,14-15H2,(H,23,27). The highest BCUT2D eigenvalue weighted by Gasteiger charge is 2.24. The molecule has 27 heavy (non-hydrogen) atoms. The minimum Gasteiger partial charge on any atom is -0.320 e. The molecule has 0 atom stereocenters. The molecule has 2 amide bonds. The van der Waals surface area contributed by atoms with Gasteiger partial charge in [0.2, 0.25) is 5.91 Å². The highest BCUT2D eigenvalue weighted by atomic mass is 16.2. The van der Waals surface area contributed by atoms with Crippen molar-refractivity contribution in [1.82, 2.24) is 9.78 Å². The van der Waals surface area contributed by atoms with E-state index in [0.29, 0.717) is 30.8 Å². The van der Waals surface area contributed by atoms with Crippen LogP contribution in [-0.2, 0) is 11.3 Å². The summed E-state index contributed by atoms with van der Waals surface area (Å²) in [4.78, 5) is 26.5. The number of carbonyl (C=O) groups excluding carboxylic acids is 2. The van der Waals surface area contributed by atoms with E-state index in [9.17, 15) is 9.59 Å². The molecule has 1 fully saturated rings. The van der Waals surface area contributed by atoms with E-state index in [0.717, 1.165) is 17.7 Å². The minimum atomic E-state index is -0.195. The second kappa shape index (κ2) is 7.45. The minimum absolute atomic E-state index is 0.0969. The summed E-state index contributed by atoms with van der Waals surface area (Å²) in [5.41, 5.74) is 3.04. The smallest absolute Gasteiger partial charge is 0.255 e. The first-order valence-electron chi connectivity index (χ1n) is 8.98. The van der Waals surface area contributed by atoms with Crippen LogP contribution in [0.25, 0.3) is 0 Å². The van der Waals surface area contributed by atoms with E-state index in [2.05, 4.69) is 10.4 Å². The van der Waals surface area contributed by atoms with Crippen molar-refractivity contribution >= 4 is 23.2 Å². The molecule has 0 aliphatic carbocycles. The number of hydrogen-bond donors (Lipinski definition) is 1. The molecule has 1 saturated heterocycles. The van der Waals surface area contributed by atoms with Crippen LogP contribution >= 0.6 is 0 Å². The topological polar surface area (TPSA) is 67.2 Å². The van der Waals surface area contributed by atoms with E-state index in [-0.39, 0.29) is 11.8 Å². The van der Waals surface area contributed by atoms with E-state index in [1.807, 2.05) is 53.3 Å². The number of benzene rings is 2. The molecule has 6 heteroatoms. The fourth-order valence-corrected chi connectivity index (χ4v) is 3.25. The molecule has 1 aliphatic heterocycles. The molecule has 6 nitrogen and oxygen atoms in total. The molecule has 1 aromatic heterocycles. The monoisotopic (exact) mass is 360 g/mol. The first-order chi connectivity index (χ1) is 13.2. The molecular formula is C21H20N4O2. The number of nitrogens with one attached hydrogen (secondary N) is 1. The van der Waals surface area contributed by atoms with Crippen LogP contribution in [0.4, 0.5) is 11.4 Å². The molecule has 0 radical (unpaired) electrons. The highest BCUT2D eigenvalue weighted by Crippen LogP contribution is 2.29. The molecule has 0 spiro atoms. The normalized spacial score (nSPS) is 13.8. The summed E-state index contributed by atoms with van der Waals surface area (Å²) in [6.07, 6.45) is 5.04. The lowest BCUT2D eigenvalue weighted by atomic mass is 10.1. The quantitative estimate of drug-likeness (QED) is 0.759. The third-order valence-electron chi connectivity index (χ3n) is 4.64. The number of aromatic nitrogens is 2. The Morgan fingerprint density at radius 2 is 1.89 bits per heavy atom. The lowest BCUT2D eigenvalue weighted by molar-refractivity contribution is -0.117. The maximum Gasteiger partial charge on any atom is 0.255 e. The van der Waals surface area contributed by atoms with Crippen LogP contribution in [-0.4, -0.2) is 28.1 Å². The third kappa shape index (κ3) is 3.74. The number of para-hydroxylation sites is 2. The van der Waals surface area contributed by atoms with Gasteiger partial charge in [-0.05, 0) is 42.3 Å². The van der Waals surface area contributed by atoms with Crippen molar-refractivity contribution in [3.63, 3.8) is 0 Å². The average molecular weight is 360 g/mol. The largest absolute Gasteiger partial charge is 0.320 e. The fourth-order valence-electron chi connectivity index (χ4n) is 3.25. The van der Waals surface area contributed by atoms with Gasteiger partial charge < -0.3 is 10.2 Å². The molecule has 0 bridgehead atoms. The highest BCUT2D eigenvalue weighted by molar-refractivity contribution is 6.08. The van der Waals surface area contributed by atoms with E-state index in [4.69, 9.17) is 0 Å². The zero-order chi connectivity index (χ0) is 18.6. The number of anilines is 2. The van der Waals surface area contributed by atoms with Crippen LogP contribution in [0.15, 0.2) is 67.0 Å². The van der Waals surface area contributed by atoms with Crippen LogP contribution in [0.1, 0.15) is 28.8 Å². The summed E-state index contributed by atoms with van der Waals surface area (Å²) in [6.45, 7) is 1.35. The van der Waals surface area contributed by atoms with Crippen molar-refractivity contribution in [2.45, 2.75) is 19.4 Å². The van der Waals surface area contributed by atoms with E-state index >= 15 is 0 Å². The SMILES string of the molecule is O=C(Nc1ccccc1N1CCCC1=O)c1ccc(Cn2cccn2)cc1. The Kier molecular flexibility index (Phi) is 4.70. The lowest BCUT2D eigenvalue weighted by Gasteiger charge is -2.20. The van der Waals surface area contributed by atoms with Gasteiger partial charge in [-0.15, -0.1) is 0 Å². The number of amides is 2. The van der Waals surface area contributed by atoms with Crippen LogP contribution in [0.5, 0.6) is 0 Å². The summed E-state index contributed by atoms with van der Waals surface area (Å²) >= 11 is 0. The molecule has 1 N–H and O–H groups in total. The molecule has 2 heterocycles. The predicted molar refractivity (Wildman–Crippen MR) is 104 cm³/mol. The Balaban J connectivity index is 1.49. The third-order valence-corrected chi connectivity index (χ3v) is 4.64. The molecule has 136 valence electrons. The van der Waals surface area contributed by atoms with Gasteiger partial charge in [-0.25, -0.2) is 0 Å². The summed E-state index contributed by atoms with van der Waals surface area (Å²) in [5.74, 6) is -0.0978. The number of carbonyl (C=O) groups is 2. The second-order valence-electron chi connectivity index (χ2n) is 6.52. The van der Waals surface area contributed by atoms with Gasteiger partial charge in [0.1, 0.15) is 0 Å². The fraction of sp³-hybridized carbons (Fsp3) is 0.190. The van der Waals surface area contributed by atoms with Gasteiger partial charge in [-0.2, -0.15) is 5.10 Å². The molecule has 0 saturated carbocycles. The summed E-state index contributed by atoms with van der Waals surface area (Å²) in [6, 6.07) is 16.8. The first-order valence-corrected chi connectivity index (χ1v) is 8.98. The van der Waals surface area contributed by atoms with Gasteiger partial charge in [0, 0.05) is 30.9 Å². The van der Waals surface area contributed by atoms with Crippen molar-refractivity contribution in [2.24, 2.45) is 0 Å².